The van der Waals surface area contributed by atoms with E-state index < -0.39 is 5.97 Å². The van der Waals surface area contributed by atoms with Gasteiger partial charge in [-0.25, -0.2) is 9.18 Å². The molecule has 0 bridgehead atoms. The van der Waals surface area contributed by atoms with Crippen molar-refractivity contribution >= 4 is 17.7 Å². The molecule has 16 heavy (non-hydrogen) atoms. The number of halogens is 1. The molecule has 0 amide bonds. The Labute approximate surface area is 94.9 Å². The minimum atomic E-state index is -1.03. The first-order valence-corrected chi connectivity index (χ1v) is 5.22. The van der Waals surface area contributed by atoms with Crippen molar-refractivity contribution in [3.8, 4) is 0 Å². The maximum absolute atomic E-state index is 12.6. The maximum Gasteiger partial charge on any atom is 0.339 e. The Morgan fingerprint density at radius 3 is 2.56 bits per heavy atom. The fourth-order valence-corrected chi connectivity index (χ4v) is 1.89. The zero-order valence-electron chi connectivity index (χ0n) is 8.01. The number of aromatic carboxylic acids is 1. The van der Waals surface area contributed by atoms with Crippen LogP contribution in [0.3, 0.4) is 0 Å². The van der Waals surface area contributed by atoms with Crippen molar-refractivity contribution < 1.29 is 18.7 Å². The van der Waals surface area contributed by atoms with Crippen molar-refractivity contribution in [3.05, 3.63) is 48.0 Å². The van der Waals surface area contributed by atoms with Gasteiger partial charge in [0.15, 0.2) is 5.09 Å². The van der Waals surface area contributed by atoms with Gasteiger partial charge in [-0.3, -0.25) is 0 Å². The van der Waals surface area contributed by atoms with Crippen molar-refractivity contribution in [1.29, 1.82) is 0 Å². The molecule has 0 unspecified atom stereocenters. The predicted molar refractivity (Wildman–Crippen MR) is 56.2 cm³/mol. The van der Waals surface area contributed by atoms with Gasteiger partial charge in [0.05, 0.1) is 5.56 Å². The Balaban J connectivity index is 2.14. The summed E-state index contributed by atoms with van der Waals surface area (Å²) < 4.78 is 17.7. The summed E-state index contributed by atoms with van der Waals surface area (Å²) in [5.74, 6) is -1.34. The number of carboxylic acid groups (broad SMARTS) is 1. The quantitative estimate of drug-likeness (QED) is 0.891. The van der Waals surface area contributed by atoms with Gasteiger partial charge in [-0.15, -0.1) is 0 Å². The molecule has 0 aliphatic carbocycles. The van der Waals surface area contributed by atoms with Gasteiger partial charge in [-0.2, -0.15) is 0 Å². The lowest BCUT2D eigenvalue weighted by Gasteiger charge is -1.96. The third-order valence-corrected chi connectivity index (χ3v) is 2.78. The molecule has 0 saturated heterocycles. The minimum absolute atomic E-state index is 0.101. The van der Waals surface area contributed by atoms with E-state index >= 15 is 0 Å². The summed E-state index contributed by atoms with van der Waals surface area (Å²) in [6.07, 6.45) is 1.17. The molecule has 0 atom stereocenters. The molecule has 0 radical (unpaired) electrons. The van der Waals surface area contributed by atoms with Crippen LogP contribution in [0.15, 0.2) is 51.0 Å². The lowest BCUT2D eigenvalue weighted by Crippen LogP contribution is -1.91. The van der Waals surface area contributed by atoms with Gasteiger partial charge in [0.2, 0.25) is 0 Å². The highest BCUT2D eigenvalue weighted by atomic mass is 32.2. The number of hydrogen-bond acceptors (Lipinski definition) is 3. The average molecular weight is 238 g/mol. The molecule has 0 fully saturated rings. The van der Waals surface area contributed by atoms with Gasteiger partial charge < -0.3 is 9.52 Å². The van der Waals surface area contributed by atoms with E-state index in [1.807, 2.05) is 0 Å². The largest absolute Gasteiger partial charge is 0.478 e. The van der Waals surface area contributed by atoms with Crippen LogP contribution in [0.25, 0.3) is 0 Å². The molecule has 0 aliphatic rings. The Morgan fingerprint density at radius 1 is 1.31 bits per heavy atom. The summed E-state index contributed by atoms with van der Waals surface area (Å²) in [4.78, 5) is 11.4. The van der Waals surface area contributed by atoms with Crippen LogP contribution in [0.2, 0.25) is 0 Å². The van der Waals surface area contributed by atoms with E-state index in [0.717, 1.165) is 4.90 Å². The number of carboxylic acids is 1. The van der Waals surface area contributed by atoms with Gasteiger partial charge in [0.1, 0.15) is 12.1 Å². The normalized spacial score (nSPS) is 10.3. The van der Waals surface area contributed by atoms with E-state index in [0.29, 0.717) is 5.09 Å². The van der Waals surface area contributed by atoms with Crippen molar-refractivity contribution in [3.63, 3.8) is 0 Å². The van der Waals surface area contributed by atoms with Crippen LogP contribution >= 0.6 is 11.8 Å². The van der Waals surface area contributed by atoms with Gasteiger partial charge in [-0.1, -0.05) is 11.8 Å². The molecule has 2 rings (SSSR count). The summed E-state index contributed by atoms with van der Waals surface area (Å²) in [7, 11) is 0. The minimum Gasteiger partial charge on any atom is -0.478 e. The first-order chi connectivity index (χ1) is 7.65. The van der Waals surface area contributed by atoms with Crippen LogP contribution in [0.1, 0.15) is 10.4 Å². The second-order valence-corrected chi connectivity index (χ2v) is 4.09. The van der Waals surface area contributed by atoms with Crippen LogP contribution in [0.5, 0.6) is 0 Å². The average Bonchev–Trinajstić information content (AvgIpc) is 2.70. The molecule has 82 valence electrons. The lowest BCUT2D eigenvalue weighted by atomic mass is 10.3. The Kier molecular flexibility index (Phi) is 2.96. The summed E-state index contributed by atoms with van der Waals surface area (Å²) in [6, 6.07) is 7.30. The van der Waals surface area contributed by atoms with Crippen LogP contribution in [-0.2, 0) is 0 Å². The van der Waals surface area contributed by atoms with Crippen LogP contribution in [0, 0.1) is 5.82 Å². The molecule has 0 aliphatic heterocycles. The first-order valence-electron chi connectivity index (χ1n) is 4.40. The molecular formula is C11H7FO3S. The number of rotatable bonds is 3. The van der Waals surface area contributed by atoms with E-state index in [2.05, 4.69) is 0 Å². The smallest absolute Gasteiger partial charge is 0.339 e. The van der Waals surface area contributed by atoms with Crippen LogP contribution in [-0.4, -0.2) is 11.1 Å². The lowest BCUT2D eigenvalue weighted by molar-refractivity contribution is 0.0696. The van der Waals surface area contributed by atoms with Crippen molar-refractivity contribution in [2.45, 2.75) is 9.99 Å². The summed E-state index contributed by atoms with van der Waals surface area (Å²) in [5.41, 5.74) is 0.101. The Morgan fingerprint density at radius 2 is 2.00 bits per heavy atom. The highest BCUT2D eigenvalue weighted by Crippen LogP contribution is 2.29. The molecule has 1 aromatic heterocycles. The highest BCUT2D eigenvalue weighted by Gasteiger charge is 2.09. The third-order valence-electron chi connectivity index (χ3n) is 1.85. The molecule has 1 aromatic carbocycles. The number of furan rings is 1. The first kappa shape index (κ1) is 10.8. The molecule has 3 nitrogen and oxygen atoms in total. The molecule has 1 N–H and O–H groups in total. The molecule has 0 spiro atoms. The SMILES string of the molecule is O=C(O)c1coc(Sc2ccc(F)cc2)c1. The van der Waals surface area contributed by atoms with Gasteiger partial charge in [0, 0.05) is 11.0 Å². The highest BCUT2D eigenvalue weighted by molar-refractivity contribution is 7.99. The van der Waals surface area contributed by atoms with E-state index in [1.54, 1.807) is 12.1 Å². The fraction of sp³-hybridized carbons (Fsp3) is 0. The fourth-order valence-electron chi connectivity index (χ4n) is 1.10. The second kappa shape index (κ2) is 4.40. The van der Waals surface area contributed by atoms with Gasteiger partial charge >= 0.3 is 5.97 Å². The zero-order valence-corrected chi connectivity index (χ0v) is 8.83. The van der Waals surface area contributed by atoms with Crippen molar-refractivity contribution in [1.82, 2.24) is 0 Å². The second-order valence-electron chi connectivity index (χ2n) is 3.02. The number of benzene rings is 1. The molecule has 2 aromatic rings. The van der Waals surface area contributed by atoms with Crippen LogP contribution in [0.4, 0.5) is 4.39 Å². The Hall–Kier alpha value is -1.75. The van der Waals surface area contributed by atoms with E-state index in [-0.39, 0.29) is 11.4 Å². The monoisotopic (exact) mass is 238 g/mol. The molecular weight excluding hydrogens is 231 g/mol. The summed E-state index contributed by atoms with van der Waals surface area (Å²) >= 11 is 1.24. The summed E-state index contributed by atoms with van der Waals surface area (Å²) in [5, 5.41) is 9.14. The molecule has 5 heteroatoms. The molecule has 0 saturated carbocycles. The van der Waals surface area contributed by atoms with Crippen molar-refractivity contribution in [2.24, 2.45) is 0 Å². The predicted octanol–water partition coefficient (Wildman–Crippen LogP) is 3.27. The van der Waals surface area contributed by atoms with Crippen LogP contribution < -0.4 is 0 Å². The number of hydrogen-bond donors (Lipinski definition) is 1. The summed E-state index contributed by atoms with van der Waals surface area (Å²) in [6.45, 7) is 0. The van der Waals surface area contributed by atoms with Gasteiger partial charge in [-0.05, 0) is 24.3 Å². The topological polar surface area (TPSA) is 50.4 Å². The Bertz CT molecular complexity index is 504. The zero-order chi connectivity index (χ0) is 11.5. The maximum atomic E-state index is 12.6. The van der Waals surface area contributed by atoms with E-state index in [4.69, 9.17) is 9.52 Å². The van der Waals surface area contributed by atoms with E-state index in [1.165, 1.54) is 36.2 Å². The molecule has 1 heterocycles. The van der Waals surface area contributed by atoms with Gasteiger partial charge in [0.25, 0.3) is 0 Å². The third kappa shape index (κ3) is 2.43. The standard InChI is InChI=1S/C11H7FO3S/c12-8-1-3-9(4-2-8)16-10-5-7(6-15-10)11(13)14/h1-6H,(H,13,14). The van der Waals surface area contributed by atoms with Crippen molar-refractivity contribution in [2.75, 3.05) is 0 Å². The van der Waals surface area contributed by atoms with E-state index in [9.17, 15) is 9.18 Å². The number of carbonyl (C=O) groups is 1.